The first-order valence-corrected chi connectivity index (χ1v) is 3.88. The Morgan fingerprint density at radius 2 is 1.91 bits per heavy atom. The molecule has 0 radical (unpaired) electrons. The Kier molecular flexibility index (Phi) is 1.99. The van der Waals surface area contributed by atoms with Gasteiger partial charge < -0.3 is 0 Å². The Morgan fingerprint density at radius 1 is 1.36 bits per heavy atom. The zero-order chi connectivity index (χ0) is 8.65. The van der Waals surface area contributed by atoms with Gasteiger partial charge in [-0.05, 0) is 12.8 Å². The average molecular weight is 162 g/mol. The molecule has 0 bridgehead atoms. The molecule has 0 aromatic carbocycles. The second-order valence-corrected chi connectivity index (χ2v) is 3.37. The number of Topliss-reactive ketones (excluding diaryl/α,β-unsaturated/α-hetero) is 1. The van der Waals surface area contributed by atoms with Gasteiger partial charge in [-0.2, -0.15) is 8.78 Å². The summed E-state index contributed by atoms with van der Waals surface area (Å²) in [5.41, 5.74) is 0. The quantitative estimate of drug-likeness (QED) is 0.534. The van der Waals surface area contributed by atoms with Crippen LogP contribution in [0.25, 0.3) is 0 Å². The van der Waals surface area contributed by atoms with E-state index in [1.54, 1.807) is 6.92 Å². The molecule has 2 atom stereocenters. The first kappa shape index (κ1) is 8.62. The van der Waals surface area contributed by atoms with Crippen LogP contribution in [0.3, 0.4) is 0 Å². The number of ketones is 1. The highest BCUT2D eigenvalue weighted by Crippen LogP contribution is 2.37. The largest absolute Gasteiger partial charge is 0.308 e. The molecule has 11 heavy (non-hydrogen) atoms. The molecule has 0 saturated heterocycles. The highest BCUT2D eigenvalue weighted by molar-refractivity contribution is 5.88. The highest BCUT2D eigenvalue weighted by Gasteiger charge is 2.49. The van der Waals surface area contributed by atoms with E-state index in [2.05, 4.69) is 0 Å². The summed E-state index contributed by atoms with van der Waals surface area (Å²) in [6, 6.07) is 0. The Bertz CT molecular complexity index is 177. The number of halogens is 2. The third-order valence-electron chi connectivity index (χ3n) is 2.43. The first-order valence-electron chi connectivity index (χ1n) is 3.88. The maximum atomic E-state index is 12.9. The number of alkyl halides is 2. The monoisotopic (exact) mass is 162 g/mol. The lowest BCUT2D eigenvalue weighted by Crippen LogP contribution is -2.43. The minimum atomic E-state index is -3.07. The van der Waals surface area contributed by atoms with E-state index in [1.807, 2.05) is 0 Å². The van der Waals surface area contributed by atoms with Crippen LogP contribution in [0, 0.1) is 11.8 Å². The van der Waals surface area contributed by atoms with Gasteiger partial charge in [0.15, 0.2) is 0 Å². The molecule has 0 unspecified atom stereocenters. The molecule has 0 aliphatic heterocycles. The van der Waals surface area contributed by atoms with E-state index in [0.717, 1.165) is 0 Å². The molecule has 0 heterocycles. The van der Waals surface area contributed by atoms with E-state index in [-0.39, 0.29) is 0 Å². The van der Waals surface area contributed by atoms with Crippen molar-refractivity contribution in [3.8, 4) is 0 Å². The van der Waals surface area contributed by atoms with Gasteiger partial charge in [-0.1, -0.05) is 13.8 Å². The normalized spacial score (nSPS) is 37.3. The first-order chi connectivity index (χ1) is 4.96. The van der Waals surface area contributed by atoms with Crippen LogP contribution in [-0.2, 0) is 4.79 Å². The minimum Gasteiger partial charge on any atom is -0.293 e. The van der Waals surface area contributed by atoms with Crippen LogP contribution < -0.4 is 0 Å². The van der Waals surface area contributed by atoms with E-state index in [1.165, 1.54) is 6.92 Å². The molecule has 3 heteroatoms. The smallest absolute Gasteiger partial charge is 0.293 e. The summed E-state index contributed by atoms with van der Waals surface area (Å²) in [5.74, 6) is -5.18. The van der Waals surface area contributed by atoms with Crippen LogP contribution in [-0.4, -0.2) is 11.7 Å². The molecule has 1 nitrogen and oxygen atoms in total. The Labute approximate surface area is 64.8 Å². The lowest BCUT2D eigenvalue weighted by Gasteiger charge is -2.30. The van der Waals surface area contributed by atoms with Gasteiger partial charge in [-0.15, -0.1) is 0 Å². The van der Waals surface area contributed by atoms with E-state index in [4.69, 9.17) is 0 Å². The number of hydrogen-bond acceptors (Lipinski definition) is 1. The summed E-state index contributed by atoms with van der Waals surface area (Å²) in [7, 11) is 0. The average Bonchev–Trinajstić information content (AvgIpc) is 1.95. The molecule has 0 aromatic rings. The van der Waals surface area contributed by atoms with Gasteiger partial charge in [0.2, 0.25) is 5.78 Å². The summed E-state index contributed by atoms with van der Waals surface area (Å²) in [6.45, 7) is 3.01. The molecule has 0 aromatic heterocycles. The van der Waals surface area contributed by atoms with Gasteiger partial charge in [0.05, 0.1) is 0 Å². The number of carbonyl (C=O) groups excluding carboxylic acids is 1. The van der Waals surface area contributed by atoms with Crippen LogP contribution >= 0.6 is 0 Å². The molecule has 1 saturated carbocycles. The Balaban J connectivity index is 2.81. The second-order valence-electron chi connectivity index (χ2n) is 3.37. The second kappa shape index (κ2) is 2.54. The van der Waals surface area contributed by atoms with Crippen LogP contribution in [0.1, 0.15) is 26.7 Å². The standard InChI is InChI=1S/C8H12F2O/c1-5-3-4-6(2)8(9,10)7(5)11/h5-6H,3-4H2,1-2H3/t5-,6+/m0/s1. The zero-order valence-electron chi connectivity index (χ0n) is 6.73. The Morgan fingerprint density at radius 3 is 2.36 bits per heavy atom. The van der Waals surface area contributed by atoms with Crippen LogP contribution in [0.4, 0.5) is 8.78 Å². The maximum Gasteiger partial charge on any atom is 0.308 e. The summed E-state index contributed by atoms with van der Waals surface area (Å²) >= 11 is 0. The third-order valence-corrected chi connectivity index (χ3v) is 2.43. The molecule has 0 spiro atoms. The van der Waals surface area contributed by atoms with E-state index in [9.17, 15) is 13.6 Å². The minimum absolute atomic E-state index is 0.457. The van der Waals surface area contributed by atoms with Crippen LogP contribution in [0.5, 0.6) is 0 Å². The Hall–Kier alpha value is -0.470. The van der Waals surface area contributed by atoms with Crippen molar-refractivity contribution in [1.82, 2.24) is 0 Å². The van der Waals surface area contributed by atoms with Crippen molar-refractivity contribution in [2.75, 3.05) is 0 Å². The summed E-state index contributed by atoms with van der Waals surface area (Å²) < 4.78 is 25.8. The number of hydrogen-bond donors (Lipinski definition) is 0. The van der Waals surface area contributed by atoms with E-state index >= 15 is 0 Å². The van der Waals surface area contributed by atoms with Gasteiger partial charge in [-0.3, -0.25) is 4.79 Å². The van der Waals surface area contributed by atoms with Gasteiger partial charge in [-0.25, -0.2) is 0 Å². The van der Waals surface area contributed by atoms with Crippen molar-refractivity contribution in [1.29, 1.82) is 0 Å². The molecule has 1 aliphatic carbocycles. The predicted molar refractivity (Wildman–Crippen MR) is 37.5 cm³/mol. The van der Waals surface area contributed by atoms with Crippen molar-refractivity contribution in [3.63, 3.8) is 0 Å². The van der Waals surface area contributed by atoms with E-state index < -0.39 is 23.5 Å². The number of carbonyl (C=O) groups is 1. The van der Waals surface area contributed by atoms with Crippen molar-refractivity contribution in [2.45, 2.75) is 32.6 Å². The topological polar surface area (TPSA) is 17.1 Å². The van der Waals surface area contributed by atoms with Gasteiger partial charge in [0.1, 0.15) is 0 Å². The number of rotatable bonds is 0. The zero-order valence-corrected chi connectivity index (χ0v) is 6.73. The van der Waals surface area contributed by atoms with Crippen molar-refractivity contribution < 1.29 is 13.6 Å². The summed E-state index contributed by atoms with van der Waals surface area (Å²) in [6.07, 6.45) is 1.06. The van der Waals surface area contributed by atoms with Crippen LogP contribution in [0.2, 0.25) is 0 Å². The van der Waals surface area contributed by atoms with Crippen molar-refractivity contribution in [2.24, 2.45) is 11.8 Å². The fourth-order valence-electron chi connectivity index (χ4n) is 1.38. The van der Waals surface area contributed by atoms with Gasteiger partial charge >= 0.3 is 5.92 Å². The lowest BCUT2D eigenvalue weighted by molar-refractivity contribution is -0.160. The van der Waals surface area contributed by atoms with E-state index in [0.29, 0.717) is 12.8 Å². The van der Waals surface area contributed by atoms with Crippen molar-refractivity contribution in [3.05, 3.63) is 0 Å². The molecule has 1 rings (SSSR count). The predicted octanol–water partition coefficient (Wildman–Crippen LogP) is 2.26. The molecular weight excluding hydrogens is 150 g/mol. The molecule has 1 aliphatic rings. The summed E-state index contributed by atoms with van der Waals surface area (Å²) in [5, 5.41) is 0. The molecule has 64 valence electrons. The molecular formula is C8H12F2O. The SMILES string of the molecule is C[C@@H]1CC[C@H](C)C(=O)C1(F)F. The fraction of sp³-hybridized carbons (Fsp3) is 0.875. The third kappa shape index (κ3) is 1.28. The van der Waals surface area contributed by atoms with Gasteiger partial charge in [0.25, 0.3) is 0 Å². The lowest BCUT2D eigenvalue weighted by atomic mass is 9.80. The maximum absolute atomic E-state index is 12.9. The molecule has 1 fully saturated rings. The van der Waals surface area contributed by atoms with Crippen LogP contribution in [0.15, 0.2) is 0 Å². The fourth-order valence-corrected chi connectivity index (χ4v) is 1.38. The highest BCUT2D eigenvalue weighted by atomic mass is 19.3. The molecule has 0 amide bonds. The molecule has 0 N–H and O–H groups in total. The van der Waals surface area contributed by atoms with Crippen molar-refractivity contribution >= 4 is 5.78 Å². The van der Waals surface area contributed by atoms with Gasteiger partial charge in [0, 0.05) is 11.8 Å². The summed E-state index contributed by atoms with van der Waals surface area (Å²) in [4.78, 5) is 10.9.